The lowest BCUT2D eigenvalue weighted by Crippen LogP contribution is -2.07. The normalized spacial score (nSPS) is 9.00. The Bertz CT molecular complexity index is 324. The summed E-state index contributed by atoms with van der Waals surface area (Å²) in [4.78, 5) is 11.0. The molecule has 0 unspecified atom stereocenters. The van der Waals surface area contributed by atoms with Crippen LogP contribution in [-0.2, 0) is 4.74 Å². The average molecular weight is 165 g/mol. The van der Waals surface area contributed by atoms with Crippen LogP contribution in [0.4, 0.5) is 0 Å². The molecule has 0 atom stereocenters. The van der Waals surface area contributed by atoms with E-state index in [2.05, 4.69) is 26.1 Å². The highest BCUT2D eigenvalue weighted by atomic mass is 16.5. The van der Waals surface area contributed by atoms with E-state index in [4.69, 9.17) is 6.42 Å². The predicted molar refractivity (Wildman–Crippen MR) is 40.2 cm³/mol. The summed E-state index contributed by atoms with van der Waals surface area (Å²) < 4.78 is 4.62. The van der Waals surface area contributed by atoms with E-state index >= 15 is 0 Å². The van der Waals surface area contributed by atoms with Gasteiger partial charge in [-0.1, -0.05) is 5.92 Å². The van der Waals surface area contributed by atoms with Gasteiger partial charge in [0, 0.05) is 0 Å². The zero-order valence-electron chi connectivity index (χ0n) is 6.50. The topological polar surface area (TPSA) is 67.9 Å². The molecule has 0 aliphatic carbocycles. The highest BCUT2D eigenvalue weighted by Crippen LogP contribution is 1.99. The van der Waals surface area contributed by atoms with Gasteiger partial charge in [0.15, 0.2) is 12.3 Å². The standard InChI is InChI=1S/C7H7N3O2/c1-3-4-12-7(11)6-5(2)8-10-9-6/h1H,4H2,2H3,(H,8,9,10). The van der Waals surface area contributed by atoms with Gasteiger partial charge in [-0.2, -0.15) is 10.3 Å². The molecule has 0 amide bonds. The third kappa shape index (κ3) is 1.61. The smallest absolute Gasteiger partial charge is 0.361 e. The van der Waals surface area contributed by atoms with Gasteiger partial charge in [-0.15, -0.1) is 11.5 Å². The average Bonchev–Trinajstić information content (AvgIpc) is 2.47. The van der Waals surface area contributed by atoms with E-state index in [1.807, 2.05) is 0 Å². The second-order valence-corrected chi connectivity index (χ2v) is 2.04. The summed E-state index contributed by atoms with van der Waals surface area (Å²) in [5.41, 5.74) is 0.669. The van der Waals surface area contributed by atoms with Crippen molar-refractivity contribution in [1.29, 1.82) is 0 Å². The maximum atomic E-state index is 11.0. The van der Waals surface area contributed by atoms with Crippen LogP contribution >= 0.6 is 0 Å². The number of hydrogen-bond donors (Lipinski definition) is 1. The van der Waals surface area contributed by atoms with Crippen LogP contribution in [0.5, 0.6) is 0 Å². The lowest BCUT2D eigenvalue weighted by molar-refractivity contribution is 0.0549. The Morgan fingerprint density at radius 3 is 3.00 bits per heavy atom. The molecule has 0 aliphatic heterocycles. The van der Waals surface area contributed by atoms with Crippen LogP contribution in [0, 0.1) is 19.3 Å². The molecule has 62 valence electrons. The summed E-state index contributed by atoms with van der Waals surface area (Å²) in [5.74, 6) is 1.62. The minimum absolute atomic E-state index is 0.0505. The molecule has 0 aliphatic rings. The fourth-order valence-corrected chi connectivity index (χ4v) is 0.653. The number of carbonyl (C=O) groups excluding carboxylic acids is 1. The van der Waals surface area contributed by atoms with Gasteiger partial charge in [0.1, 0.15) is 0 Å². The summed E-state index contributed by atoms with van der Waals surface area (Å²) in [6, 6.07) is 0. The molecule has 0 saturated carbocycles. The Balaban J connectivity index is 2.67. The highest BCUT2D eigenvalue weighted by Gasteiger charge is 2.13. The van der Waals surface area contributed by atoms with E-state index in [1.54, 1.807) is 6.92 Å². The molecule has 1 N–H and O–H groups in total. The van der Waals surface area contributed by atoms with Crippen LogP contribution in [0.25, 0.3) is 0 Å². The van der Waals surface area contributed by atoms with Crippen molar-refractivity contribution in [3.63, 3.8) is 0 Å². The Kier molecular flexibility index (Phi) is 2.43. The van der Waals surface area contributed by atoms with Crippen LogP contribution in [0.1, 0.15) is 16.2 Å². The quantitative estimate of drug-likeness (QED) is 0.491. The number of nitrogens with zero attached hydrogens (tertiary/aromatic N) is 2. The van der Waals surface area contributed by atoms with Gasteiger partial charge in [-0.25, -0.2) is 4.79 Å². The van der Waals surface area contributed by atoms with Gasteiger partial charge >= 0.3 is 5.97 Å². The molecule has 0 radical (unpaired) electrons. The van der Waals surface area contributed by atoms with Gasteiger partial charge < -0.3 is 4.74 Å². The first-order valence-corrected chi connectivity index (χ1v) is 3.23. The number of esters is 1. The molecule has 12 heavy (non-hydrogen) atoms. The zero-order chi connectivity index (χ0) is 8.97. The summed E-state index contributed by atoms with van der Waals surface area (Å²) in [5, 5.41) is 9.55. The molecule has 0 fully saturated rings. The third-order valence-corrected chi connectivity index (χ3v) is 1.20. The summed E-state index contributed by atoms with van der Waals surface area (Å²) in [6.45, 7) is 1.60. The van der Waals surface area contributed by atoms with E-state index in [9.17, 15) is 4.79 Å². The van der Waals surface area contributed by atoms with Gasteiger partial charge in [0.2, 0.25) is 0 Å². The van der Waals surface area contributed by atoms with Crippen molar-refractivity contribution >= 4 is 5.97 Å². The predicted octanol–water partition coefficient (Wildman–Crippen LogP) is -0.0969. The van der Waals surface area contributed by atoms with Gasteiger partial charge in [0.05, 0.1) is 5.69 Å². The first-order chi connectivity index (χ1) is 5.75. The summed E-state index contributed by atoms with van der Waals surface area (Å²) in [6.07, 6.45) is 4.90. The number of H-pyrrole nitrogens is 1. The van der Waals surface area contributed by atoms with Crippen molar-refractivity contribution in [2.24, 2.45) is 0 Å². The maximum absolute atomic E-state index is 11.0. The second-order valence-electron chi connectivity index (χ2n) is 2.04. The first kappa shape index (κ1) is 8.27. The Hall–Kier alpha value is -1.83. The van der Waals surface area contributed by atoms with Crippen LogP contribution in [0.15, 0.2) is 0 Å². The van der Waals surface area contributed by atoms with Gasteiger partial charge in [-0.05, 0) is 6.92 Å². The van der Waals surface area contributed by atoms with Crippen molar-refractivity contribution in [1.82, 2.24) is 15.4 Å². The molecule has 0 spiro atoms. The maximum Gasteiger partial charge on any atom is 0.361 e. The van der Waals surface area contributed by atoms with Crippen LogP contribution in [0.3, 0.4) is 0 Å². The number of nitrogens with one attached hydrogen (secondary N) is 1. The van der Waals surface area contributed by atoms with Gasteiger partial charge in [-0.3, -0.25) is 0 Å². The zero-order valence-corrected chi connectivity index (χ0v) is 6.50. The van der Waals surface area contributed by atoms with Crippen molar-refractivity contribution in [2.75, 3.05) is 6.61 Å². The molecule has 0 aromatic carbocycles. The SMILES string of the molecule is C#CCOC(=O)c1n[nH]nc1C. The lowest BCUT2D eigenvalue weighted by atomic mass is 10.3. The molecule has 1 aromatic rings. The van der Waals surface area contributed by atoms with Crippen LogP contribution in [0.2, 0.25) is 0 Å². The van der Waals surface area contributed by atoms with E-state index in [-0.39, 0.29) is 12.3 Å². The number of hydrogen-bond acceptors (Lipinski definition) is 4. The molecule has 1 heterocycles. The van der Waals surface area contributed by atoms with E-state index in [0.29, 0.717) is 5.69 Å². The highest BCUT2D eigenvalue weighted by molar-refractivity contribution is 5.88. The van der Waals surface area contributed by atoms with E-state index in [0.717, 1.165) is 0 Å². The summed E-state index contributed by atoms with van der Waals surface area (Å²) >= 11 is 0. The molecular weight excluding hydrogens is 158 g/mol. The van der Waals surface area contributed by atoms with Gasteiger partial charge in [0.25, 0.3) is 0 Å². The van der Waals surface area contributed by atoms with Crippen molar-refractivity contribution < 1.29 is 9.53 Å². The Morgan fingerprint density at radius 2 is 2.50 bits per heavy atom. The minimum Gasteiger partial charge on any atom is -0.448 e. The number of terminal acetylenes is 1. The van der Waals surface area contributed by atoms with E-state index < -0.39 is 5.97 Å². The number of aryl methyl sites for hydroxylation is 1. The first-order valence-electron chi connectivity index (χ1n) is 3.23. The summed E-state index contributed by atoms with van der Waals surface area (Å²) in [7, 11) is 0. The van der Waals surface area contributed by atoms with Crippen molar-refractivity contribution in [2.45, 2.75) is 6.92 Å². The fourth-order valence-electron chi connectivity index (χ4n) is 0.653. The van der Waals surface area contributed by atoms with Crippen LogP contribution in [-0.4, -0.2) is 28.0 Å². The Labute approximate surface area is 69.1 Å². The molecule has 0 bridgehead atoms. The number of aromatic amines is 1. The second kappa shape index (κ2) is 3.53. The molecule has 5 heteroatoms. The molecule has 5 nitrogen and oxygen atoms in total. The minimum atomic E-state index is -0.556. The molecule has 0 saturated heterocycles. The van der Waals surface area contributed by atoms with E-state index in [1.165, 1.54) is 0 Å². The number of rotatable bonds is 2. The van der Waals surface area contributed by atoms with Crippen molar-refractivity contribution in [3.05, 3.63) is 11.4 Å². The number of ether oxygens (including phenoxy) is 1. The lowest BCUT2D eigenvalue weighted by Gasteiger charge is -1.95. The molecule has 1 rings (SSSR count). The largest absolute Gasteiger partial charge is 0.448 e. The Morgan fingerprint density at radius 1 is 1.75 bits per heavy atom. The molecule has 1 aromatic heterocycles. The van der Waals surface area contributed by atoms with Crippen molar-refractivity contribution in [3.8, 4) is 12.3 Å². The van der Waals surface area contributed by atoms with Crippen LogP contribution < -0.4 is 0 Å². The third-order valence-electron chi connectivity index (χ3n) is 1.20. The fraction of sp³-hybridized carbons (Fsp3) is 0.286. The number of aromatic nitrogens is 3. The molecular formula is C7H7N3O2. The monoisotopic (exact) mass is 165 g/mol. The number of carbonyl (C=O) groups is 1.